The Bertz CT molecular complexity index is 627. The van der Waals surface area contributed by atoms with Crippen LogP contribution in [0.25, 0.3) is 0 Å². The Hall–Kier alpha value is -1.26. The van der Waals surface area contributed by atoms with Gasteiger partial charge in [0.25, 0.3) is 0 Å². The number of aryl methyl sites for hydroxylation is 3. The molecule has 1 atom stereocenters. The van der Waals surface area contributed by atoms with Gasteiger partial charge in [-0.25, -0.2) is 8.78 Å². The zero-order valence-electron chi connectivity index (χ0n) is 11.6. The number of rotatable bonds is 3. The molecule has 1 aliphatic carbocycles. The lowest BCUT2D eigenvalue weighted by Gasteiger charge is -2.17. The van der Waals surface area contributed by atoms with Gasteiger partial charge in [0, 0.05) is 15.3 Å². The molecule has 1 unspecified atom stereocenters. The monoisotopic (exact) mass is 293 g/mol. The number of fused-ring (bicyclic) bond motifs is 1. The van der Waals surface area contributed by atoms with E-state index in [-0.39, 0.29) is 17.7 Å². The summed E-state index contributed by atoms with van der Waals surface area (Å²) in [5.74, 6) is -0.706. The van der Waals surface area contributed by atoms with Crippen LogP contribution in [0.2, 0.25) is 0 Å². The van der Waals surface area contributed by atoms with Crippen molar-refractivity contribution in [2.75, 3.05) is 7.05 Å². The van der Waals surface area contributed by atoms with Crippen LogP contribution in [0.3, 0.4) is 0 Å². The van der Waals surface area contributed by atoms with E-state index in [1.807, 2.05) is 0 Å². The van der Waals surface area contributed by atoms with E-state index in [0.717, 1.165) is 17.7 Å². The quantitative estimate of drug-likeness (QED) is 0.897. The van der Waals surface area contributed by atoms with Crippen molar-refractivity contribution in [1.29, 1.82) is 0 Å². The molecule has 1 nitrogen and oxygen atoms in total. The normalized spacial score (nSPS) is 15.4. The molecule has 3 rings (SSSR count). The van der Waals surface area contributed by atoms with Gasteiger partial charge in [-0.2, -0.15) is 0 Å². The number of hydrogen-bond acceptors (Lipinski definition) is 2. The van der Waals surface area contributed by atoms with Gasteiger partial charge in [0.2, 0.25) is 0 Å². The Kier molecular flexibility index (Phi) is 3.61. The fourth-order valence-corrected chi connectivity index (χ4v) is 4.22. The van der Waals surface area contributed by atoms with Crippen LogP contribution < -0.4 is 5.32 Å². The number of thiophene rings is 1. The minimum absolute atomic E-state index is 0.277. The third-order valence-electron chi connectivity index (χ3n) is 3.93. The highest BCUT2D eigenvalue weighted by Gasteiger charge is 2.23. The van der Waals surface area contributed by atoms with E-state index < -0.39 is 0 Å². The van der Waals surface area contributed by atoms with Crippen molar-refractivity contribution in [2.45, 2.75) is 32.2 Å². The smallest absolute Gasteiger partial charge is 0.128 e. The summed E-state index contributed by atoms with van der Waals surface area (Å²) in [5, 5.41) is 3.11. The van der Waals surface area contributed by atoms with Crippen molar-refractivity contribution in [3.05, 3.63) is 56.3 Å². The highest BCUT2D eigenvalue weighted by atomic mass is 32.1. The molecule has 1 aliphatic rings. The molecule has 0 spiro atoms. The molecule has 1 aromatic carbocycles. The van der Waals surface area contributed by atoms with Gasteiger partial charge in [-0.1, -0.05) is 0 Å². The summed E-state index contributed by atoms with van der Waals surface area (Å²) >= 11 is 1.72. The minimum atomic E-state index is -0.356. The summed E-state index contributed by atoms with van der Waals surface area (Å²) in [6.07, 6.45) is 3.42. The molecule has 2 aromatic rings. The van der Waals surface area contributed by atoms with E-state index in [2.05, 4.69) is 11.4 Å². The van der Waals surface area contributed by atoms with Crippen molar-refractivity contribution in [2.24, 2.45) is 0 Å². The fraction of sp³-hybridized carbons (Fsp3) is 0.375. The molecular weight excluding hydrogens is 276 g/mol. The molecule has 1 aromatic heterocycles. The lowest BCUT2D eigenvalue weighted by molar-refractivity contribution is 0.556. The molecule has 106 valence electrons. The maximum Gasteiger partial charge on any atom is 0.128 e. The summed E-state index contributed by atoms with van der Waals surface area (Å²) in [4.78, 5) is 2.47. The first-order valence-corrected chi connectivity index (χ1v) is 7.66. The Balaban J connectivity index is 2.03. The van der Waals surface area contributed by atoms with Gasteiger partial charge in [0.05, 0.1) is 6.04 Å². The summed E-state index contributed by atoms with van der Waals surface area (Å²) in [6, 6.07) is 4.46. The number of nitrogens with one attached hydrogen (secondary N) is 1. The van der Waals surface area contributed by atoms with Gasteiger partial charge < -0.3 is 5.32 Å². The van der Waals surface area contributed by atoms with Gasteiger partial charge in [-0.15, -0.1) is 11.3 Å². The maximum absolute atomic E-state index is 14.2. The van der Waals surface area contributed by atoms with Crippen molar-refractivity contribution in [1.82, 2.24) is 5.32 Å². The molecule has 0 aliphatic heterocycles. The molecule has 0 amide bonds. The SMILES string of the molecule is CNC(c1cc2c(s1)CCC2)c1cc(F)c(C)cc1F. The minimum Gasteiger partial charge on any atom is -0.309 e. The highest BCUT2D eigenvalue weighted by molar-refractivity contribution is 7.12. The van der Waals surface area contributed by atoms with Gasteiger partial charge in [-0.3, -0.25) is 0 Å². The Morgan fingerprint density at radius 2 is 1.95 bits per heavy atom. The molecule has 1 N–H and O–H groups in total. The van der Waals surface area contributed by atoms with E-state index in [1.165, 1.54) is 29.0 Å². The van der Waals surface area contributed by atoms with Gasteiger partial charge in [0.15, 0.2) is 0 Å². The van der Waals surface area contributed by atoms with Gasteiger partial charge >= 0.3 is 0 Å². The van der Waals surface area contributed by atoms with Crippen LogP contribution in [-0.4, -0.2) is 7.05 Å². The molecule has 1 heterocycles. The predicted molar refractivity (Wildman–Crippen MR) is 78.3 cm³/mol. The van der Waals surface area contributed by atoms with Crippen LogP contribution in [0, 0.1) is 18.6 Å². The highest BCUT2D eigenvalue weighted by Crippen LogP contribution is 2.36. The molecule has 20 heavy (non-hydrogen) atoms. The van der Waals surface area contributed by atoms with E-state index >= 15 is 0 Å². The summed E-state index contributed by atoms with van der Waals surface area (Å²) in [7, 11) is 1.78. The Morgan fingerprint density at radius 3 is 2.65 bits per heavy atom. The molecule has 0 saturated heterocycles. The van der Waals surface area contributed by atoms with Gasteiger partial charge in [0.1, 0.15) is 11.6 Å². The first-order chi connectivity index (χ1) is 9.60. The lowest BCUT2D eigenvalue weighted by Crippen LogP contribution is -2.18. The Labute approximate surface area is 121 Å². The first kappa shape index (κ1) is 13.7. The molecule has 0 fully saturated rings. The van der Waals surface area contributed by atoms with Crippen LogP contribution in [0.1, 0.15) is 38.9 Å². The van der Waals surface area contributed by atoms with Crippen molar-refractivity contribution in [3.63, 3.8) is 0 Å². The first-order valence-electron chi connectivity index (χ1n) is 6.84. The second kappa shape index (κ2) is 5.26. The number of halogens is 2. The second-order valence-corrected chi connectivity index (χ2v) is 6.46. The topological polar surface area (TPSA) is 12.0 Å². The second-order valence-electron chi connectivity index (χ2n) is 5.30. The summed E-state index contributed by atoms with van der Waals surface area (Å²) in [5.41, 5.74) is 2.10. The zero-order valence-corrected chi connectivity index (χ0v) is 12.4. The van der Waals surface area contributed by atoms with Crippen molar-refractivity contribution < 1.29 is 8.78 Å². The lowest BCUT2D eigenvalue weighted by atomic mass is 10.0. The van der Waals surface area contributed by atoms with Crippen molar-refractivity contribution >= 4 is 11.3 Å². The third kappa shape index (κ3) is 2.27. The number of benzene rings is 1. The van der Waals surface area contributed by atoms with E-state index in [4.69, 9.17) is 0 Å². The summed E-state index contributed by atoms with van der Waals surface area (Å²) < 4.78 is 27.9. The van der Waals surface area contributed by atoms with Crippen LogP contribution >= 0.6 is 11.3 Å². The largest absolute Gasteiger partial charge is 0.309 e. The van der Waals surface area contributed by atoms with Crippen LogP contribution in [0.15, 0.2) is 18.2 Å². The fourth-order valence-electron chi connectivity index (χ4n) is 2.83. The molecule has 0 bridgehead atoms. The van der Waals surface area contributed by atoms with Crippen LogP contribution in [-0.2, 0) is 12.8 Å². The van der Waals surface area contributed by atoms with Gasteiger partial charge in [-0.05, 0) is 62.6 Å². The van der Waals surface area contributed by atoms with E-state index in [0.29, 0.717) is 11.1 Å². The number of hydrogen-bond donors (Lipinski definition) is 1. The standard InChI is InChI=1S/C16H17F2NS/c1-9-6-13(18)11(8-12(9)17)16(19-2)15-7-10-4-3-5-14(10)20-15/h6-8,16,19H,3-5H2,1-2H3. The van der Waals surface area contributed by atoms with Crippen molar-refractivity contribution in [3.8, 4) is 0 Å². The Morgan fingerprint density at radius 1 is 1.15 bits per heavy atom. The predicted octanol–water partition coefficient (Wildman–Crippen LogP) is 4.13. The molecule has 0 saturated carbocycles. The van der Waals surface area contributed by atoms with Crippen LogP contribution in [0.5, 0.6) is 0 Å². The average Bonchev–Trinajstić information content (AvgIpc) is 2.97. The molecular formula is C16H17F2NS. The average molecular weight is 293 g/mol. The van der Waals surface area contributed by atoms with Crippen LogP contribution in [0.4, 0.5) is 8.78 Å². The maximum atomic E-state index is 14.2. The summed E-state index contributed by atoms with van der Waals surface area (Å²) in [6.45, 7) is 1.58. The van der Waals surface area contributed by atoms with E-state index in [9.17, 15) is 8.78 Å². The molecule has 0 radical (unpaired) electrons. The van der Waals surface area contributed by atoms with E-state index in [1.54, 1.807) is 25.3 Å². The zero-order chi connectivity index (χ0) is 14.3. The third-order valence-corrected chi connectivity index (χ3v) is 5.23. The molecule has 4 heteroatoms.